The zero-order valence-corrected chi connectivity index (χ0v) is 8.17. The summed E-state index contributed by atoms with van der Waals surface area (Å²) in [6, 6.07) is 1.86. The van der Waals surface area contributed by atoms with Crippen LogP contribution >= 0.6 is 27.3 Å². The first-order valence-corrected chi connectivity index (χ1v) is 4.49. The van der Waals surface area contributed by atoms with Crippen LogP contribution in [0, 0.1) is 6.92 Å². The molecule has 0 N–H and O–H groups in total. The summed E-state index contributed by atoms with van der Waals surface area (Å²) < 4.78 is 1.03. The van der Waals surface area contributed by atoms with Crippen molar-refractivity contribution < 1.29 is 4.79 Å². The molecule has 0 radical (unpaired) electrons. The molecule has 0 fully saturated rings. The van der Waals surface area contributed by atoms with Crippen molar-refractivity contribution in [2.75, 3.05) is 0 Å². The van der Waals surface area contributed by atoms with Gasteiger partial charge in [-0.25, -0.2) is 0 Å². The van der Waals surface area contributed by atoms with Gasteiger partial charge in [-0.15, -0.1) is 11.3 Å². The van der Waals surface area contributed by atoms with Crippen LogP contribution in [0.4, 0.5) is 0 Å². The SMILES string of the molecule is CC(=O)c1cc(Br)c(C)s1. The molecule has 0 saturated carbocycles. The second kappa shape index (κ2) is 2.84. The Hall–Kier alpha value is -0.150. The topological polar surface area (TPSA) is 17.1 Å². The highest BCUT2D eigenvalue weighted by molar-refractivity contribution is 9.10. The fourth-order valence-corrected chi connectivity index (χ4v) is 2.06. The highest BCUT2D eigenvalue weighted by Crippen LogP contribution is 2.26. The average molecular weight is 219 g/mol. The number of thiophene rings is 1. The van der Waals surface area contributed by atoms with Crippen LogP contribution in [-0.4, -0.2) is 5.78 Å². The molecule has 10 heavy (non-hydrogen) atoms. The van der Waals surface area contributed by atoms with Gasteiger partial charge in [0.15, 0.2) is 5.78 Å². The van der Waals surface area contributed by atoms with Crippen molar-refractivity contribution in [2.45, 2.75) is 13.8 Å². The molecule has 0 aliphatic heterocycles. The zero-order valence-electron chi connectivity index (χ0n) is 5.77. The lowest BCUT2D eigenvalue weighted by Crippen LogP contribution is -1.83. The molecule has 0 aromatic carbocycles. The maximum atomic E-state index is 10.8. The highest BCUT2D eigenvalue weighted by atomic mass is 79.9. The van der Waals surface area contributed by atoms with Gasteiger partial charge in [0.05, 0.1) is 4.88 Å². The van der Waals surface area contributed by atoms with E-state index in [1.54, 1.807) is 6.92 Å². The van der Waals surface area contributed by atoms with Gasteiger partial charge in [-0.1, -0.05) is 0 Å². The first-order chi connectivity index (χ1) is 4.61. The monoisotopic (exact) mass is 218 g/mol. The Bertz CT molecular complexity index is 245. The fraction of sp³-hybridized carbons (Fsp3) is 0.286. The first-order valence-electron chi connectivity index (χ1n) is 2.88. The van der Waals surface area contributed by atoms with Crippen LogP contribution in [0.2, 0.25) is 0 Å². The van der Waals surface area contributed by atoms with Gasteiger partial charge < -0.3 is 0 Å². The Morgan fingerprint density at radius 1 is 1.70 bits per heavy atom. The van der Waals surface area contributed by atoms with E-state index in [-0.39, 0.29) is 5.78 Å². The number of aryl methyl sites for hydroxylation is 1. The molecule has 0 aliphatic rings. The number of rotatable bonds is 1. The van der Waals surface area contributed by atoms with E-state index >= 15 is 0 Å². The Labute approximate surface area is 72.2 Å². The third-order valence-corrected chi connectivity index (χ3v) is 3.44. The van der Waals surface area contributed by atoms with Crippen molar-refractivity contribution >= 4 is 33.0 Å². The summed E-state index contributed by atoms with van der Waals surface area (Å²) in [5, 5.41) is 0. The summed E-state index contributed by atoms with van der Waals surface area (Å²) in [4.78, 5) is 12.8. The Morgan fingerprint density at radius 2 is 2.30 bits per heavy atom. The lowest BCUT2D eigenvalue weighted by molar-refractivity contribution is 0.102. The van der Waals surface area contributed by atoms with Gasteiger partial charge in [-0.2, -0.15) is 0 Å². The minimum Gasteiger partial charge on any atom is -0.294 e. The minimum atomic E-state index is 0.138. The van der Waals surface area contributed by atoms with E-state index in [0.29, 0.717) is 0 Å². The maximum Gasteiger partial charge on any atom is 0.169 e. The van der Waals surface area contributed by atoms with Crippen LogP contribution in [0.1, 0.15) is 21.5 Å². The summed E-state index contributed by atoms with van der Waals surface area (Å²) in [7, 11) is 0. The Morgan fingerprint density at radius 3 is 2.50 bits per heavy atom. The van der Waals surface area contributed by atoms with Crippen LogP contribution < -0.4 is 0 Å². The van der Waals surface area contributed by atoms with Gasteiger partial charge in [0.1, 0.15) is 0 Å². The van der Waals surface area contributed by atoms with E-state index in [2.05, 4.69) is 15.9 Å². The number of ketones is 1. The van der Waals surface area contributed by atoms with Crippen LogP contribution in [0.25, 0.3) is 0 Å². The fourth-order valence-electron chi connectivity index (χ4n) is 0.633. The third-order valence-electron chi connectivity index (χ3n) is 1.20. The van der Waals surface area contributed by atoms with Gasteiger partial charge >= 0.3 is 0 Å². The lowest BCUT2D eigenvalue weighted by atomic mass is 10.3. The van der Waals surface area contributed by atoms with Crippen molar-refractivity contribution in [3.8, 4) is 0 Å². The second-order valence-corrected chi connectivity index (χ2v) is 4.18. The number of Topliss-reactive ketones (excluding diaryl/α,β-unsaturated/α-hetero) is 1. The van der Waals surface area contributed by atoms with E-state index in [1.807, 2.05) is 13.0 Å². The normalized spacial score (nSPS) is 9.90. The van der Waals surface area contributed by atoms with Gasteiger partial charge in [-0.3, -0.25) is 4.79 Å². The molecular formula is C7H7BrOS. The minimum absolute atomic E-state index is 0.138. The van der Waals surface area contributed by atoms with Crippen molar-refractivity contribution in [2.24, 2.45) is 0 Å². The van der Waals surface area contributed by atoms with E-state index in [1.165, 1.54) is 11.3 Å². The molecule has 0 spiro atoms. The summed E-state index contributed by atoms with van der Waals surface area (Å²) >= 11 is 4.87. The molecule has 0 bridgehead atoms. The van der Waals surface area contributed by atoms with Crippen molar-refractivity contribution in [3.63, 3.8) is 0 Å². The quantitative estimate of drug-likeness (QED) is 0.663. The molecule has 1 nitrogen and oxygen atoms in total. The molecule has 0 amide bonds. The average Bonchev–Trinajstić information content (AvgIpc) is 2.13. The predicted octanol–water partition coefficient (Wildman–Crippen LogP) is 3.02. The molecular weight excluding hydrogens is 212 g/mol. The van der Waals surface area contributed by atoms with Crippen LogP contribution in [0.3, 0.4) is 0 Å². The number of hydrogen-bond acceptors (Lipinski definition) is 2. The van der Waals surface area contributed by atoms with E-state index in [4.69, 9.17) is 0 Å². The molecule has 1 rings (SSSR count). The summed E-state index contributed by atoms with van der Waals surface area (Å²) in [5.41, 5.74) is 0. The summed E-state index contributed by atoms with van der Waals surface area (Å²) in [6.45, 7) is 3.57. The van der Waals surface area contributed by atoms with Crippen LogP contribution in [0.5, 0.6) is 0 Å². The number of carbonyl (C=O) groups excluding carboxylic acids is 1. The molecule has 0 saturated heterocycles. The summed E-state index contributed by atoms with van der Waals surface area (Å²) in [5.74, 6) is 0.138. The van der Waals surface area contributed by atoms with E-state index in [9.17, 15) is 4.79 Å². The molecule has 1 aromatic heterocycles. The predicted molar refractivity (Wildman–Crippen MR) is 46.8 cm³/mol. The lowest BCUT2D eigenvalue weighted by Gasteiger charge is -1.80. The van der Waals surface area contributed by atoms with Gasteiger partial charge in [0, 0.05) is 9.35 Å². The molecule has 0 atom stereocenters. The first kappa shape index (κ1) is 7.95. The van der Waals surface area contributed by atoms with Crippen molar-refractivity contribution in [3.05, 3.63) is 20.3 Å². The Balaban J connectivity index is 3.10. The number of hydrogen-bond donors (Lipinski definition) is 0. The van der Waals surface area contributed by atoms with Gasteiger partial charge in [0.2, 0.25) is 0 Å². The maximum absolute atomic E-state index is 10.8. The van der Waals surface area contributed by atoms with Gasteiger partial charge in [-0.05, 0) is 35.8 Å². The van der Waals surface area contributed by atoms with Gasteiger partial charge in [0.25, 0.3) is 0 Å². The standard InChI is InChI=1S/C7H7BrOS/c1-4(9)7-3-6(8)5(2)10-7/h3H,1-2H3. The van der Waals surface area contributed by atoms with Crippen molar-refractivity contribution in [1.82, 2.24) is 0 Å². The largest absolute Gasteiger partial charge is 0.294 e. The number of carbonyl (C=O) groups is 1. The van der Waals surface area contributed by atoms with Crippen LogP contribution in [0.15, 0.2) is 10.5 Å². The number of halogens is 1. The molecule has 0 aliphatic carbocycles. The van der Waals surface area contributed by atoms with E-state index in [0.717, 1.165) is 14.2 Å². The molecule has 1 aromatic rings. The van der Waals surface area contributed by atoms with Crippen LogP contribution in [-0.2, 0) is 0 Å². The molecule has 1 heterocycles. The third kappa shape index (κ3) is 1.47. The zero-order chi connectivity index (χ0) is 7.72. The highest BCUT2D eigenvalue weighted by Gasteiger charge is 2.05. The van der Waals surface area contributed by atoms with E-state index < -0.39 is 0 Å². The summed E-state index contributed by atoms with van der Waals surface area (Å²) in [6.07, 6.45) is 0. The smallest absolute Gasteiger partial charge is 0.169 e. The Kier molecular flexibility index (Phi) is 2.26. The van der Waals surface area contributed by atoms with Crippen molar-refractivity contribution in [1.29, 1.82) is 0 Å². The molecule has 3 heteroatoms. The second-order valence-electron chi connectivity index (χ2n) is 2.07. The molecule has 54 valence electrons. The molecule has 0 unspecified atom stereocenters.